The number of hydrogen-bond acceptors (Lipinski definition) is 2. The van der Waals surface area contributed by atoms with Crippen molar-refractivity contribution in [2.45, 2.75) is 57.2 Å². The van der Waals surface area contributed by atoms with Gasteiger partial charge in [-0.2, -0.15) is 0 Å². The number of benzene rings is 2. The van der Waals surface area contributed by atoms with Crippen molar-refractivity contribution in [1.29, 1.82) is 0 Å². The lowest BCUT2D eigenvalue weighted by atomic mass is 9.91. The van der Waals surface area contributed by atoms with Crippen LogP contribution in [0.5, 0.6) is 0 Å². The molecule has 3 aromatic rings. The summed E-state index contributed by atoms with van der Waals surface area (Å²) in [5.41, 5.74) is 0.235. The number of rotatable bonds is 3. The van der Waals surface area contributed by atoms with Crippen molar-refractivity contribution in [3.63, 3.8) is 0 Å². The predicted octanol–water partition coefficient (Wildman–Crippen LogP) is 4.65. The molecule has 0 spiro atoms. The van der Waals surface area contributed by atoms with Gasteiger partial charge in [-0.25, -0.2) is 4.39 Å². The number of nitrogens with one attached hydrogen (secondary N) is 1. The van der Waals surface area contributed by atoms with Crippen molar-refractivity contribution in [3.8, 4) is 0 Å². The lowest BCUT2D eigenvalue weighted by Crippen LogP contribution is -2.65. The van der Waals surface area contributed by atoms with E-state index in [2.05, 4.69) is 5.32 Å². The van der Waals surface area contributed by atoms with Crippen LogP contribution in [0.3, 0.4) is 0 Å². The molecule has 2 aromatic carbocycles. The third-order valence-electron chi connectivity index (χ3n) is 6.72. The van der Waals surface area contributed by atoms with E-state index in [-0.39, 0.29) is 30.1 Å². The molecule has 160 valence electrons. The highest BCUT2D eigenvalue weighted by molar-refractivity contribution is 6.14. The van der Waals surface area contributed by atoms with E-state index in [0.29, 0.717) is 5.69 Å². The monoisotopic (exact) mass is 419 g/mol. The van der Waals surface area contributed by atoms with E-state index < -0.39 is 11.4 Å². The second kappa shape index (κ2) is 7.52. The molecule has 1 saturated carbocycles. The molecule has 0 unspecified atom stereocenters. The summed E-state index contributed by atoms with van der Waals surface area (Å²) in [7, 11) is 0. The Labute approximate surface area is 180 Å². The number of hydrogen-bond donors (Lipinski definition) is 1. The molecule has 1 atom stereocenters. The molecule has 5 rings (SSSR count). The maximum absolute atomic E-state index is 14.9. The van der Waals surface area contributed by atoms with Crippen molar-refractivity contribution in [1.82, 2.24) is 9.88 Å². The molecule has 31 heavy (non-hydrogen) atoms. The highest BCUT2D eigenvalue weighted by Gasteiger charge is 2.49. The molecule has 0 radical (unpaired) electrons. The molecule has 0 bridgehead atoms. The molecule has 5 nitrogen and oxygen atoms in total. The Morgan fingerprint density at radius 2 is 1.77 bits per heavy atom. The van der Waals surface area contributed by atoms with Crippen LogP contribution in [-0.2, 0) is 11.3 Å². The third-order valence-corrected chi connectivity index (χ3v) is 6.72. The van der Waals surface area contributed by atoms with Crippen LogP contribution in [-0.4, -0.2) is 28.0 Å². The van der Waals surface area contributed by atoms with Crippen LogP contribution in [0.1, 0.15) is 49.5 Å². The number of aromatic nitrogens is 1. The predicted molar refractivity (Wildman–Crippen MR) is 119 cm³/mol. The van der Waals surface area contributed by atoms with Crippen LogP contribution in [0, 0.1) is 5.82 Å². The van der Waals surface area contributed by atoms with E-state index in [0.717, 1.165) is 36.6 Å². The molecule has 1 aromatic heterocycles. The Balaban J connectivity index is 1.63. The van der Waals surface area contributed by atoms with Crippen LogP contribution in [0.4, 0.5) is 10.1 Å². The number of fused-ring (bicyclic) bond motifs is 3. The van der Waals surface area contributed by atoms with Gasteiger partial charge in [0.1, 0.15) is 17.1 Å². The number of amides is 2. The van der Waals surface area contributed by atoms with E-state index in [1.807, 2.05) is 34.9 Å². The quantitative estimate of drug-likeness (QED) is 0.672. The number of halogens is 1. The lowest BCUT2D eigenvalue weighted by molar-refractivity contribution is -0.127. The van der Waals surface area contributed by atoms with E-state index in [1.165, 1.54) is 17.4 Å². The first kappa shape index (κ1) is 19.8. The smallest absolute Gasteiger partial charge is 0.276 e. The van der Waals surface area contributed by atoms with E-state index >= 15 is 0 Å². The molecule has 2 heterocycles. The van der Waals surface area contributed by atoms with Crippen molar-refractivity contribution < 1.29 is 14.0 Å². The molecule has 6 heteroatoms. The molecule has 2 amide bonds. The second-order valence-electron chi connectivity index (χ2n) is 8.85. The molecule has 1 fully saturated rings. The fraction of sp³-hybridized carbons (Fsp3) is 0.360. The van der Waals surface area contributed by atoms with Gasteiger partial charge < -0.3 is 9.88 Å². The van der Waals surface area contributed by atoms with Gasteiger partial charge in [-0.15, -0.1) is 0 Å². The maximum atomic E-state index is 14.9. The van der Waals surface area contributed by atoms with Crippen LogP contribution in [0.2, 0.25) is 0 Å². The number of carbonyl (C=O) groups is 2. The minimum absolute atomic E-state index is 0.0958. The molecule has 1 N–H and O–H groups in total. The maximum Gasteiger partial charge on any atom is 0.276 e. The largest absolute Gasteiger partial charge is 0.351 e. The average molecular weight is 420 g/mol. The zero-order valence-corrected chi connectivity index (χ0v) is 17.6. The van der Waals surface area contributed by atoms with Crippen LogP contribution < -0.4 is 10.2 Å². The Hall–Kier alpha value is -3.15. The Kier molecular flexibility index (Phi) is 4.80. The minimum atomic E-state index is -1.26. The van der Waals surface area contributed by atoms with Crippen LogP contribution in [0.15, 0.2) is 54.6 Å². The SMILES string of the molecule is C[C@]1(C(=O)NC2CCCCC2)Cn2c(cc3ccccc32)C(=O)N1c1ccccc1F. The zero-order valence-electron chi connectivity index (χ0n) is 17.6. The third kappa shape index (κ3) is 3.21. The number of anilines is 1. The lowest BCUT2D eigenvalue weighted by Gasteiger charge is -2.44. The van der Waals surface area contributed by atoms with Gasteiger partial charge in [0.05, 0.1) is 12.2 Å². The highest BCUT2D eigenvalue weighted by Crippen LogP contribution is 2.37. The van der Waals surface area contributed by atoms with Gasteiger partial charge in [-0.1, -0.05) is 49.6 Å². The first-order chi connectivity index (χ1) is 15.0. The molecule has 0 saturated heterocycles. The first-order valence-electron chi connectivity index (χ1n) is 11.0. The van der Waals surface area contributed by atoms with Crippen molar-refractivity contribution in [2.75, 3.05) is 4.90 Å². The molecule has 1 aliphatic heterocycles. The summed E-state index contributed by atoms with van der Waals surface area (Å²) in [6.07, 6.45) is 5.23. The van der Waals surface area contributed by atoms with Crippen molar-refractivity contribution in [2.24, 2.45) is 0 Å². The van der Waals surface area contributed by atoms with E-state index in [9.17, 15) is 14.0 Å². The standard InChI is InChI=1S/C25H26FN3O2/c1-25(24(31)27-18-10-3-2-4-11-18)16-28-20-13-7-5-9-17(20)15-22(28)23(30)29(25)21-14-8-6-12-19(21)26/h5-9,12-15,18H,2-4,10-11,16H2,1H3,(H,27,31)/t25-/m1/s1. The van der Waals surface area contributed by atoms with Crippen LogP contribution >= 0.6 is 0 Å². The summed E-state index contributed by atoms with van der Waals surface area (Å²) in [6.45, 7) is 2.00. The van der Waals surface area contributed by atoms with E-state index in [4.69, 9.17) is 0 Å². The van der Waals surface area contributed by atoms with Gasteiger partial charge in [-0.05, 0) is 44.0 Å². The molecule has 2 aliphatic rings. The summed E-state index contributed by atoms with van der Waals surface area (Å²) >= 11 is 0. The van der Waals surface area contributed by atoms with Crippen LogP contribution in [0.25, 0.3) is 10.9 Å². The van der Waals surface area contributed by atoms with Crippen molar-refractivity contribution in [3.05, 3.63) is 66.1 Å². The molecule has 1 aliphatic carbocycles. The summed E-state index contributed by atoms with van der Waals surface area (Å²) in [6, 6.07) is 15.8. The average Bonchev–Trinajstić information content (AvgIpc) is 3.14. The Morgan fingerprint density at radius 3 is 2.55 bits per heavy atom. The summed E-state index contributed by atoms with van der Waals surface area (Å²) < 4.78 is 16.8. The number of carbonyl (C=O) groups excluding carboxylic acids is 2. The van der Waals surface area contributed by atoms with Gasteiger partial charge in [0.15, 0.2) is 0 Å². The van der Waals surface area contributed by atoms with Crippen molar-refractivity contribution >= 4 is 28.4 Å². The fourth-order valence-electron chi connectivity index (χ4n) is 5.04. The minimum Gasteiger partial charge on any atom is -0.351 e. The normalized spacial score (nSPS) is 21.9. The molecular formula is C25H26FN3O2. The first-order valence-corrected chi connectivity index (χ1v) is 11.0. The Bertz CT molecular complexity index is 1160. The highest BCUT2D eigenvalue weighted by atomic mass is 19.1. The zero-order chi connectivity index (χ0) is 21.6. The van der Waals surface area contributed by atoms with Gasteiger partial charge in [0.25, 0.3) is 5.91 Å². The summed E-state index contributed by atoms with van der Waals surface area (Å²) in [5.74, 6) is -1.12. The fourth-order valence-corrected chi connectivity index (χ4v) is 5.04. The number of nitrogens with zero attached hydrogens (tertiary/aromatic N) is 2. The summed E-state index contributed by atoms with van der Waals surface area (Å²) in [4.78, 5) is 28.7. The second-order valence-corrected chi connectivity index (χ2v) is 8.85. The van der Waals surface area contributed by atoms with E-state index in [1.54, 1.807) is 25.1 Å². The topological polar surface area (TPSA) is 54.3 Å². The summed E-state index contributed by atoms with van der Waals surface area (Å²) in [5, 5.41) is 4.10. The Morgan fingerprint density at radius 1 is 1.06 bits per heavy atom. The van der Waals surface area contributed by atoms with Gasteiger partial charge in [0.2, 0.25) is 5.91 Å². The van der Waals surface area contributed by atoms with Gasteiger partial charge in [-0.3, -0.25) is 14.5 Å². The molecular weight excluding hydrogens is 393 g/mol. The number of para-hydroxylation sites is 2. The van der Waals surface area contributed by atoms with Gasteiger partial charge >= 0.3 is 0 Å². The van der Waals surface area contributed by atoms with Gasteiger partial charge in [0, 0.05) is 16.9 Å².